The number of benzene rings is 2. The highest BCUT2D eigenvalue weighted by molar-refractivity contribution is 6.22. The first-order chi connectivity index (χ1) is 13.0. The van der Waals surface area contributed by atoms with Crippen molar-refractivity contribution in [3.8, 4) is 0 Å². The van der Waals surface area contributed by atoms with Gasteiger partial charge in [-0.1, -0.05) is 42.5 Å². The smallest absolute Gasteiger partial charge is 0.329 e. The molecule has 1 heterocycles. The first-order valence-corrected chi connectivity index (χ1v) is 8.54. The summed E-state index contributed by atoms with van der Waals surface area (Å²) in [6.07, 6.45) is -1.96. The van der Waals surface area contributed by atoms with E-state index in [0.717, 1.165) is 10.5 Å². The number of nitrogens with two attached hydrogens (primary N) is 1. The van der Waals surface area contributed by atoms with Crippen LogP contribution >= 0.6 is 0 Å². The third kappa shape index (κ3) is 3.88. The fourth-order valence-corrected chi connectivity index (χ4v) is 2.96. The zero-order valence-corrected chi connectivity index (χ0v) is 14.5. The number of alkyl halides is 1. The molecule has 2 atom stereocenters. The largest absolute Gasteiger partial charge is 0.459 e. The van der Waals surface area contributed by atoms with E-state index < -0.39 is 36.4 Å². The number of amides is 2. The van der Waals surface area contributed by atoms with Gasteiger partial charge in [-0.3, -0.25) is 14.5 Å². The van der Waals surface area contributed by atoms with E-state index in [9.17, 15) is 18.8 Å². The van der Waals surface area contributed by atoms with Crippen molar-refractivity contribution in [3.05, 3.63) is 71.3 Å². The summed E-state index contributed by atoms with van der Waals surface area (Å²) in [6.45, 7) is -0.370. The second-order valence-electron chi connectivity index (χ2n) is 6.20. The van der Waals surface area contributed by atoms with Gasteiger partial charge in [0.2, 0.25) is 0 Å². The van der Waals surface area contributed by atoms with Crippen LogP contribution in [0.1, 0.15) is 32.7 Å². The van der Waals surface area contributed by atoms with Gasteiger partial charge < -0.3 is 10.5 Å². The van der Waals surface area contributed by atoms with Crippen LogP contribution in [0.3, 0.4) is 0 Å². The van der Waals surface area contributed by atoms with Gasteiger partial charge in [-0.25, -0.2) is 9.18 Å². The molecule has 0 aromatic heterocycles. The highest BCUT2D eigenvalue weighted by Gasteiger charge is 2.44. The van der Waals surface area contributed by atoms with Crippen molar-refractivity contribution < 1.29 is 23.5 Å². The topological polar surface area (TPSA) is 89.7 Å². The van der Waals surface area contributed by atoms with Gasteiger partial charge in [0.15, 0.2) is 0 Å². The Morgan fingerprint density at radius 3 is 2.11 bits per heavy atom. The summed E-state index contributed by atoms with van der Waals surface area (Å²) in [4.78, 5) is 38.7. The average Bonchev–Trinajstić information content (AvgIpc) is 2.95. The maximum Gasteiger partial charge on any atom is 0.329 e. The molecule has 2 aromatic carbocycles. The number of esters is 1. The van der Waals surface area contributed by atoms with E-state index in [-0.39, 0.29) is 24.3 Å². The summed E-state index contributed by atoms with van der Waals surface area (Å²) in [5.41, 5.74) is 6.43. The third-order valence-electron chi connectivity index (χ3n) is 4.37. The summed E-state index contributed by atoms with van der Waals surface area (Å²) < 4.78 is 19.2. The Bertz CT molecular complexity index is 821. The summed E-state index contributed by atoms with van der Waals surface area (Å²) in [5, 5.41) is 0. The van der Waals surface area contributed by atoms with Gasteiger partial charge in [0.25, 0.3) is 11.8 Å². The number of imide groups is 1. The number of carbonyl (C=O) groups is 3. The Kier molecular flexibility index (Phi) is 5.61. The van der Waals surface area contributed by atoms with Gasteiger partial charge in [-0.15, -0.1) is 0 Å². The molecule has 2 aromatic rings. The van der Waals surface area contributed by atoms with E-state index in [1.807, 2.05) is 6.07 Å². The molecule has 0 aliphatic carbocycles. The molecule has 0 radical (unpaired) electrons. The molecule has 1 aliphatic heterocycles. The monoisotopic (exact) mass is 370 g/mol. The number of fused-ring (bicyclic) bond motifs is 1. The fourth-order valence-electron chi connectivity index (χ4n) is 2.96. The molecule has 0 spiro atoms. The number of hydrogen-bond donors (Lipinski definition) is 1. The molecule has 7 heteroatoms. The Balaban J connectivity index is 1.82. The summed E-state index contributed by atoms with van der Waals surface area (Å²) in [5.74, 6) is -2.12. The molecule has 0 fully saturated rings. The third-order valence-corrected chi connectivity index (χ3v) is 4.37. The van der Waals surface area contributed by atoms with Crippen molar-refractivity contribution >= 4 is 17.8 Å². The second kappa shape index (κ2) is 8.09. The molecule has 0 bridgehead atoms. The molecule has 2 N–H and O–H groups in total. The molecule has 6 nitrogen and oxygen atoms in total. The van der Waals surface area contributed by atoms with Gasteiger partial charge in [0.05, 0.1) is 11.1 Å². The van der Waals surface area contributed by atoms with Crippen LogP contribution in [0.25, 0.3) is 0 Å². The number of hydrogen-bond acceptors (Lipinski definition) is 5. The van der Waals surface area contributed by atoms with Crippen LogP contribution in [0.15, 0.2) is 54.6 Å². The summed E-state index contributed by atoms with van der Waals surface area (Å²) >= 11 is 0. The Morgan fingerprint density at radius 1 is 1.00 bits per heavy atom. The molecule has 1 unspecified atom stereocenters. The van der Waals surface area contributed by atoms with Crippen LogP contribution < -0.4 is 5.73 Å². The van der Waals surface area contributed by atoms with E-state index in [0.29, 0.717) is 0 Å². The van der Waals surface area contributed by atoms with Crippen molar-refractivity contribution in [3.63, 3.8) is 0 Å². The van der Waals surface area contributed by atoms with E-state index in [2.05, 4.69) is 0 Å². The minimum atomic E-state index is -1.55. The second-order valence-corrected chi connectivity index (χ2v) is 6.20. The molecule has 0 saturated carbocycles. The zero-order chi connectivity index (χ0) is 19.4. The predicted molar refractivity (Wildman–Crippen MR) is 95.5 cm³/mol. The van der Waals surface area contributed by atoms with E-state index in [4.69, 9.17) is 10.5 Å². The van der Waals surface area contributed by atoms with Crippen molar-refractivity contribution in [2.75, 3.05) is 6.54 Å². The van der Waals surface area contributed by atoms with Gasteiger partial charge in [-0.2, -0.15) is 0 Å². The van der Waals surface area contributed by atoms with Gasteiger partial charge >= 0.3 is 5.97 Å². The first-order valence-electron chi connectivity index (χ1n) is 8.54. The summed E-state index contributed by atoms with van der Waals surface area (Å²) in [6, 6.07) is 13.8. The van der Waals surface area contributed by atoms with Gasteiger partial charge in [0, 0.05) is 13.0 Å². The molecule has 27 heavy (non-hydrogen) atoms. The van der Waals surface area contributed by atoms with E-state index in [1.54, 1.807) is 36.4 Å². The number of halogens is 1. The Hall–Kier alpha value is -3.06. The molecule has 140 valence electrons. The standard InChI is InChI=1S/C20H19FN2O4/c21-14(11-22)10-17(20(26)27-12-13-6-2-1-3-7-13)23-18(24)15-8-4-5-9-16(15)19(23)25/h1-9,14,17H,10-12,22H2/t14?,17-/m0/s1. The average molecular weight is 370 g/mol. The van der Waals surface area contributed by atoms with Crippen LogP contribution in [0, 0.1) is 0 Å². The molecular weight excluding hydrogens is 351 g/mol. The van der Waals surface area contributed by atoms with Crippen molar-refractivity contribution in [2.45, 2.75) is 25.2 Å². The number of nitrogens with zero attached hydrogens (tertiary/aromatic N) is 1. The van der Waals surface area contributed by atoms with E-state index >= 15 is 0 Å². The van der Waals surface area contributed by atoms with Crippen molar-refractivity contribution in [2.24, 2.45) is 5.73 Å². The van der Waals surface area contributed by atoms with Crippen molar-refractivity contribution in [1.82, 2.24) is 4.90 Å². The lowest BCUT2D eigenvalue weighted by molar-refractivity contribution is -0.150. The highest BCUT2D eigenvalue weighted by Crippen LogP contribution is 2.27. The SMILES string of the molecule is NCC(F)C[C@@H](C(=O)OCc1ccccc1)N1C(=O)c2ccccc2C1=O. The minimum Gasteiger partial charge on any atom is -0.459 e. The van der Waals surface area contributed by atoms with Gasteiger partial charge in [0.1, 0.15) is 18.8 Å². The lowest BCUT2D eigenvalue weighted by Gasteiger charge is -2.25. The Morgan fingerprint density at radius 2 is 1.56 bits per heavy atom. The zero-order valence-electron chi connectivity index (χ0n) is 14.5. The predicted octanol–water partition coefficient (Wildman–Crippen LogP) is 2.08. The number of carbonyl (C=O) groups excluding carboxylic acids is 3. The van der Waals surface area contributed by atoms with Crippen LogP contribution in [0.2, 0.25) is 0 Å². The van der Waals surface area contributed by atoms with Crippen LogP contribution in [0.4, 0.5) is 4.39 Å². The van der Waals surface area contributed by atoms with Crippen molar-refractivity contribution in [1.29, 1.82) is 0 Å². The quantitative estimate of drug-likeness (QED) is 0.595. The molecule has 1 aliphatic rings. The highest BCUT2D eigenvalue weighted by atomic mass is 19.1. The summed E-state index contributed by atoms with van der Waals surface area (Å²) in [7, 11) is 0. The lowest BCUT2D eigenvalue weighted by Crippen LogP contribution is -2.47. The maximum absolute atomic E-state index is 14.0. The molecule has 2 amide bonds. The molecular formula is C20H19FN2O4. The van der Waals surface area contributed by atoms with Crippen LogP contribution in [-0.2, 0) is 16.1 Å². The number of ether oxygens (including phenoxy) is 1. The van der Waals surface area contributed by atoms with Gasteiger partial charge in [-0.05, 0) is 17.7 Å². The number of rotatable bonds is 7. The maximum atomic E-state index is 14.0. The normalized spacial score (nSPS) is 15.4. The van der Waals surface area contributed by atoms with Crippen LogP contribution in [0.5, 0.6) is 0 Å². The Labute approximate surface area is 155 Å². The molecule has 0 saturated heterocycles. The lowest BCUT2D eigenvalue weighted by atomic mass is 10.1. The van der Waals surface area contributed by atoms with Crippen LogP contribution in [-0.4, -0.2) is 41.4 Å². The van der Waals surface area contributed by atoms with E-state index in [1.165, 1.54) is 12.1 Å². The minimum absolute atomic E-state index is 0.0427. The molecule has 3 rings (SSSR count). The first kappa shape index (κ1) is 18.7. The fraction of sp³-hybridized carbons (Fsp3) is 0.250.